The number of carbonyl (C=O) groups excluding carboxylic acids is 3. The standard InChI is InChI=1S/C49H57N11O5S/c1-28-42(66-27-54-28)31-11-9-29(10-12-31)21-51-46(64)40-19-36(61)26-59(40)47(65)43(49(2,3)4)55-45(63)32-15-13-30(14-16-32)33-22-52-48(53-23-33)60-34-17-18-35(60)25-58(24-34)39-20-38(56-57-44(39)50)37-7-5-6-8-41(37)62/h5-13,20,22-23,27,32,34-36,40,43,61-62H,14-19,21,24-26H2,1-4H3,(H2,50,57)(H,51,64)(H,55,63)/t32-,34?,35?,36+,40-,43+/m0/s1. The van der Waals surface area contributed by atoms with E-state index in [9.17, 15) is 24.6 Å². The van der Waals surface area contributed by atoms with E-state index in [-0.39, 0.29) is 61.0 Å². The molecule has 2 aromatic carbocycles. The van der Waals surface area contributed by atoms with Crippen LogP contribution in [0.25, 0.3) is 27.3 Å². The molecule has 3 saturated heterocycles. The number of aromatic hydroxyl groups is 1. The molecule has 2 unspecified atom stereocenters. The molecule has 0 radical (unpaired) electrons. The number of β-amino-alcohol motifs (C(OH)–C–C–N with tert-alkyl or cyclic N) is 1. The number of benzene rings is 2. The fraction of sp³-hybridized carbons (Fsp3) is 0.429. The summed E-state index contributed by atoms with van der Waals surface area (Å²) in [7, 11) is 0. The van der Waals surface area contributed by atoms with E-state index in [2.05, 4.69) is 41.7 Å². The first-order chi connectivity index (χ1) is 31.7. The number of nitrogens with one attached hydrogen (secondary N) is 2. The van der Waals surface area contributed by atoms with Crippen LogP contribution in [0.1, 0.15) is 76.1 Å². The molecule has 3 amide bonds. The molecule has 5 aromatic rings. The molecule has 16 nitrogen and oxygen atoms in total. The van der Waals surface area contributed by atoms with Crippen LogP contribution in [-0.4, -0.2) is 108 Å². The summed E-state index contributed by atoms with van der Waals surface area (Å²) in [6.07, 6.45) is 8.80. The van der Waals surface area contributed by atoms with Gasteiger partial charge in [0.25, 0.3) is 0 Å². The molecule has 0 saturated carbocycles. The largest absolute Gasteiger partial charge is 0.507 e. The number of hydrogen-bond acceptors (Lipinski definition) is 14. The summed E-state index contributed by atoms with van der Waals surface area (Å²) >= 11 is 1.58. The van der Waals surface area contributed by atoms with Crippen LogP contribution in [0, 0.1) is 18.3 Å². The SMILES string of the molecule is Cc1ncsc1-c1ccc(CNC(=O)[C@@H]2C[C@@H](O)CN2C(=O)[C@@H](NC(=O)[C@H]2CC=C(c3cnc(N4C5CCC4CN(c4cc(-c6ccccc6O)nnc4N)C5)nc3)CC2)C(C)(C)C)cc1. The summed E-state index contributed by atoms with van der Waals surface area (Å²) in [5, 5.41) is 35.7. The second kappa shape index (κ2) is 18.4. The molecule has 6 heterocycles. The molecule has 1 aliphatic carbocycles. The summed E-state index contributed by atoms with van der Waals surface area (Å²) < 4.78 is 0. The first kappa shape index (κ1) is 44.7. The minimum Gasteiger partial charge on any atom is -0.507 e. The zero-order valence-electron chi connectivity index (χ0n) is 37.7. The Morgan fingerprint density at radius 2 is 1.65 bits per heavy atom. The first-order valence-electron chi connectivity index (χ1n) is 22.7. The fourth-order valence-corrected chi connectivity index (χ4v) is 10.7. The number of aliphatic hydroxyl groups excluding tert-OH is 1. The highest BCUT2D eigenvalue weighted by Crippen LogP contribution is 2.39. The van der Waals surface area contributed by atoms with Crippen LogP contribution in [0.2, 0.25) is 0 Å². The van der Waals surface area contributed by atoms with Gasteiger partial charge in [0.2, 0.25) is 23.7 Å². The molecule has 0 spiro atoms. The van der Waals surface area contributed by atoms with Crippen molar-refractivity contribution in [1.82, 2.24) is 40.7 Å². The van der Waals surface area contributed by atoms with Crippen LogP contribution < -0.4 is 26.2 Å². The van der Waals surface area contributed by atoms with Crippen LogP contribution >= 0.6 is 11.3 Å². The fourth-order valence-electron chi connectivity index (χ4n) is 9.89. The lowest BCUT2D eigenvalue weighted by atomic mass is 9.83. The molecule has 4 aliphatic rings. The summed E-state index contributed by atoms with van der Waals surface area (Å²) in [5.41, 5.74) is 14.4. The van der Waals surface area contributed by atoms with Crippen LogP contribution in [0.3, 0.4) is 0 Å². The van der Waals surface area contributed by atoms with Crippen molar-refractivity contribution in [3.63, 3.8) is 0 Å². The number of aryl methyl sites for hydroxylation is 1. The van der Waals surface area contributed by atoms with E-state index in [1.54, 1.807) is 23.5 Å². The van der Waals surface area contributed by atoms with Crippen molar-refractivity contribution < 1.29 is 24.6 Å². The molecule has 3 fully saturated rings. The Kier molecular flexibility index (Phi) is 12.5. The van der Waals surface area contributed by atoms with Crippen molar-refractivity contribution in [3.05, 3.63) is 95.4 Å². The second-order valence-electron chi connectivity index (χ2n) is 19.1. The third-order valence-corrected chi connectivity index (χ3v) is 14.5. The Labute approximate surface area is 388 Å². The molecular formula is C49H57N11O5S. The van der Waals surface area contributed by atoms with E-state index in [4.69, 9.17) is 15.7 Å². The molecule has 66 heavy (non-hydrogen) atoms. The van der Waals surface area contributed by atoms with Gasteiger partial charge in [-0.2, -0.15) is 0 Å². The highest BCUT2D eigenvalue weighted by Gasteiger charge is 2.45. The van der Waals surface area contributed by atoms with Gasteiger partial charge in [-0.15, -0.1) is 21.5 Å². The molecule has 344 valence electrons. The molecule has 17 heteroatoms. The van der Waals surface area contributed by atoms with Gasteiger partial charge in [0.15, 0.2) is 5.82 Å². The van der Waals surface area contributed by atoms with Crippen LogP contribution in [-0.2, 0) is 20.9 Å². The lowest BCUT2D eigenvalue weighted by Crippen LogP contribution is -2.58. The number of aliphatic hydroxyl groups is 1. The molecular weight excluding hydrogens is 855 g/mol. The van der Waals surface area contributed by atoms with Crippen molar-refractivity contribution in [3.8, 4) is 27.4 Å². The number of likely N-dealkylation sites (tertiary alicyclic amines) is 1. The van der Waals surface area contributed by atoms with Gasteiger partial charge in [0.1, 0.15) is 17.8 Å². The van der Waals surface area contributed by atoms with Gasteiger partial charge in [-0.05, 0) is 79.3 Å². The number of fused-ring (bicyclic) bond motifs is 2. The molecule has 3 aromatic heterocycles. The number of aromatic nitrogens is 5. The first-order valence-corrected chi connectivity index (χ1v) is 23.6. The van der Waals surface area contributed by atoms with Crippen LogP contribution in [0.4, 0.5) is 17.5 Å². The Hall–Kier alpha value is -6.46. The molecule has 2 bridgehead atoms. The van der Waals surface area contributed by atoms with Gasteiger partial charge in [0, 0.05) is 74.1 Å². The quantitative estimate of drug-likeness (QED) is 0.111. The highest BCUT2D eigenvalue weighted by atomic mass is 32.1. The van der Waals surface area contributed by atoms with Crippen molar-refractivity contribution >= 4 is 52.1 Å². The van der Waals surface area contributed by atoms with Crippen molar-refractivity contribution in [2.45, 2.75) is 103 Å². The topological polar surface area (TPSA) is 216 Å². The summed E-state index contributed by atoms with van der Waals surface area (Å²) in [5.74, 6) is -0.108. The zero-order valence-corrected chi connectivity index (χ0v) is 38.5. The summed E-state index contributed by atoms with van der Waals surface area (Å²) in [6.45, 7) is 9.38. The number of piperazine rings is 1. The number of phenols is 1. The Morgan fingerprint density at radius 1 is 0.924 bits per heavy atom. The smallest absolute Gasteiger partial charge is 0.246 e. The third-order valence-electron chi connectivity index (χ3n) is 13.5. The van der Waals surface area contributed by atoms with Crippen LogP contribution in [0.5, 0.6) is 5.75 Å². The summed E-state index contributed by atoms with van der Waals surface area (Å²) in [6, 6.07) is 15.5. The number of anilines is 3. The number of rotatable bonds is 11. The Morgan fingerprint density at radius 3 is 2.30 bits per heavy atom. The van der Waals surface area contributed by atoms with Gasteiger partial charge >= 0.3 is 0 Å². The molecule has 6 N–H and O–H groups in total. The van der Waals surface area contributed by atoms with Gasteiger partial charge in [-0.25, -0.2) is 15.0 Å². The van der Waals surface area contributed by atoms with Gasteiger partial charge in [-0.1, -0.05) is 63.2 Å². The normalized spacial score (nSPS) is 22.2. The molecule has 9 rings (SSSR count). The lowest BCUT2D eigenvalue weighted by Gasteiger charge is -2.42. The monoisotopic (exact) mass is 911 g/mol. The Bertz CT molecular complexity index is 2620. The van der Waals surface area contributed by atoms with Gasteiger partial charge in [0.05, 0.1) is 33.6 Å². The number of hydrogen-bond donors (Lipinski definition) is 5. The predicted octanol–water partition coefficient (Wildman–Crippen LogP) is 5.50. The molecule has 3 aliphatic heterocycles. The maximum atomic E-state index is 14.3. The maximum Gasteiger partial charge on any atom is 0.246 e. The van der Waals surface area contributed by atoms with Crippen LogP contribution in [0.15, 0.2) is 78.6 Å². The van der Waals surface area contributed by atoms with Crippen molar-refractivity contribution in [1.29, 1.82) is 0 Å². The minimum atomic E-state index is -0.906. The number of nitrogens with two attached hydrogens (primary N) is 1. The molecule has 6 atom stereocenters. The number of thiazole rings is 1. The maximum absolute atomic E-state index is 14.3. The number of phenolic OH excluding ortho intramolecular Hbond substituents is 1. The second-order valence-corrected chi connectivity index (χ2v) is 19.9. The average molecular weight is 912 g/mol. The lowest BCUT2D eigenvalue weighted by molar-refractivity contribution is -0.144. The predicted molar refractivity (Wildman–Crippen MR) is 254 cm³/mol. The van der Waals surface area contributed by atoms with Crippen molar-refractivity contribution in [2.24, 2.45) is 11.3 Å². The van der Waals surface area contributed by atoms with E-state index in [0.29, 0.717) is 42.3 Å². The van der Waals surface area contributed by atoms with E-state index in [1.165, 1.54) is 4.90 Å². The van der Waals surface area contributed by atoms with E-state index in [0.717, 1.165) is 64.5 Å². The number of carbonyl (C=O) groups is 3. The number of amides is 3. The van der Waals surface area contributed by atoms with Gasteiger partial charge in [-0.3, -0.25) is 14.4 Å². The van der Waals surface area contributed by atoms with E-state index >= 15 is 0 Å². The Balaban J connectivity index is 0.799. The van der Waals surface area contributed by atoms with E-state index in [1.807, 2.05) is 88.1 Å². The zero-order chi connectivity index (χ0) is 46.3. The van der Waals surface area contributed by atoms with Gasteiger partial charge < -0.3 is 41.3 Å². The minimum absolute atomic E-state index is 0.0112. The number of nitrogen functional groups attached to an aromatic ring is 1. The number of allylic oxidation sites excluding steroid dienone is 2. The van der Waals surface area contributed by atoms with Crippen molar-refractivity contribution in [2.75, 3.05) is 35.2 Å². The third kappa shape index (κ3) is 9.18. The van der Waals surface area contributed by atoms with E-state index < -0.39 is 23.6 Å². The highest BCUT2D eigenvalue weighted by molar-refractivity contribution is 7.13. The number of para-hydroxylation sites is 1. The summed E-state index contributed by atoms with van der Waals surface area (Å²) in [4.78, 5) is 62.9. The average Bonchev–Trinajstić information content (AvgIpc) is 4.01. The number of nitrogens with zero attached hydrogens (tertiary/aromatic N) is 8.